The Labute approximate surface area is 375 Å². The highest BCUT2D eigenvalue weighted by Gasteiger charge is 2.64. The molecule has 0 spiro atoms. The fraction of sp³-hybridized carbons (Fsp3) is 0.404. The number of methoxy groups -OCH3 is 1. The van der Waals surface area contributed by atoms with Crippen LogP contribution in [-0.4, -0.2) is 36.9 Å². The molecule has 2 saturated carbocycles. The van der Waals surface area contributed by atoms with Gasteiger partial charge in [-0.15, -0.1) is 0 Å². The molecular weight excluding hydrogens is 837 g/mol. The molecule has 0 saturated heterocycles. The Balaban J connectivity index is 0.000000175. The highest BCUT2D eigenvalue weighted by molar-refractivity contribution is 5.89. The smallest absolute Gasteiger partial charge is 0.337 e. The van der Waals surface area contributed by atoms with Gasteiger partial charge >= 0.3 is 5.97 Å². The largest absolute Gasteiger partial charge is 0.465 e. The van der Waals surface area contributed by atoms with Crippen molar-refractivity contribution in [3.05, 3.63) is 174 Å². The molecule has 65 heavy (non-hydrogen) atoms. The van der Waals surface area contributed by atoms with E-state index in [0.29, 0.717) is 18.7 Å². The van der Waals surface area contributed by atoms with Crippen molar-refractivity contribution >= 4 is 5.97 Å². The van der Waals surface area contributed by atoms with Crippen LogP contribution in [0.4, 0.5) is 17.6 Å². The number of halogens is 4. The predicted molar refractivity (Wildman–Crippen MR) is 241 cm³/mol. The van der Waals surface area contributed by atoms with Crippen molar-refractivity contribution in [2.24, 2.45) is 10.8 Å². The fourth-order valence-electron chi connectivity index (χ4n) is 11.8. The maximum absolute atomic E-state index is 14.9. The molecule has 4 aliphatic rings. The average molecular weight is 893 g/mol. The van der Waals surface area contributed by atoms with Crippen LogP contribution in [0.2, 0.25) is 0 Å². The molecule has 6 aromatic rings. The summed E-state index contributed by atoms with van der Waals surface area (Å²) >= 11 is 0. The number of aromatic nitrogens is 4. The van der Waals surface area contributed by atoms with Crippen molar-refractivity contribution in [1.82, 2.24) is 18.7 Å². The lowest BCUT2D eigenvalue weighted by molar-refractivity contribution is 0.0600. The first-order chi connectivity index (χ1) is 30.3. The van der Waals surface area contributed by atoms with Crippen molar-refractivity contribution in [1.29, 1.82) is 0 Å². The van der Waals surface area contributed by atoms with Crippen LogP contribution in [0.1, 0.15) is 136 Å². The highest BCUT2D eigenvalue weighted by Crippen LogP contribution is 2.68. The van der Waals surface area contributed by atoms with Gasteiger partial charge in [0.15, 0.2) is 11.6 Å². The maximum Gasteiger partial charge on any atom is 0.337 e. The number of ether oxygens (including phenoxy) is 1. The number of fused-ring (bicyclic) bond motifs is 10. The molecular formula is C52H56F4N4O5. The minimum Gasteiger partial charge on any atom is -0.465 e. The maximum atomic E-state index is 14.9. The van der Waals surface area contributed by atoms with Gasteiger partial charge in [-0.2, -0.15) is 0 Å². The van der Waals surface area contributed by atoms with Gasteiger partial charge in [-0.3, -0.25) is 19.0 Å². The molecule has 0 aliphatic heterocycles. The second-order valence-corrected chi connectivity index (χ2v) is 19.5. The zero-order valence-corrected chi connectivity index (χ0v) is 37.1. The topological polar surface area (TPSA) is 100 Å². The van der Waals surface area contributed by atoms with Gasteiger partial charge in [-0.1, -0.05) is 85.4 Å². The number of carbonyl (C=O) groups excluding carboxylic acids is 1. The summed E-state index contributed by atoms with van der Waals surface area (Å²) in [5.41, 5.74) is 5.42. The first-order valence-electron chi connectivity index (χ1n) is 21.8. The summed E-state index contributed by atoms with van der Waals surface area (Å²) in [7, 11) is 1.33. The van der Waals surface area contributed by atoms with Crippen LogP contribution in [-0.2, 0) is 35.3 Å². The number of carbonyl (C=O) groups is 1. The van der Waals surface area contributed by atoms with E-state index in [1.54, 1.807) is 24.3 Å². The number of aliphatic hydroxyl groups is 1. The first-order valence-corrected chi connectivity index (χ1v) is 21.8. The molecule has 4 bridgehead atoms. The third-order valence-corrected chi connectivity index (χ3v) is 16.1. The van der Waals surface area contributed by atoms with Crippen molar-refractivity contribution in [3.8, 4) is 11.4 Å². The molecule has 1 N–H and O–H groups in total. The van der Waals surface area contributed by atoms with E-state index in [1.807, 2.05) is 33.6 Å². The third-order valence-electron chi connectivity index (χ3n) is 16.1. The lowest BCUT2D eigenvalue weighted by Crippen LogP contribution is -2.36. The van der Waals surface area contributed by atoms with E-state index < -0.39 is 29.2 Å². The number of rotatable bonds is 8. The quantitative estimate of drug-likeness (QED) is 0.121. The molecule has 4 aliphatic carbocycles. The average Bonchev–Trinajstić information content (AvgIpc) is 3.96. The Hall–Kier alpha value is -5.95. The molecule has 4 aromatic carbocycles. The molecule has 2 heterocycles. The lowest BCUT2D eigenvalue weighted by Gasteiger charge is -2.36. The summed E-state index contributed by atoms with van der Waals surface area (Å²) in [5, 5.41) is 9.33. The van der Waals surface area contributed by atoms with Crippen LogP contribution in [0.15, 0.2) is 94.5 Å². The Morgan fingerprint density at radius 3 is 1.38 bits per heavy atom. The van der Waals surface area contributed by atoms with Gasteiger partial charge in [0, 0.05) is 34.1 Å². The molecule has 2 fully saturated rings. The monoisotopic (exact) mass is 892 g/mol. The highest BCUT2D eigenvalue weighted by atomic mass is 19.1. The Kier molecular flexibility index (Phi) is 11.1. The zero-order valence-electron chi connectivity index (χ0n) is 37.1. The summed E-state index contributed by atoms with van der Waals surface area (Å²) in [5.74, 6) is -3.13. The molecule has 4 atom stereocenters. The van der Waals surface area contributed by atoms with E-state index in [1.165, 1.54) is 40.7 Å². The van der Waals surface area contributed by atoms with Gasteiger partial charge in [0.05, 0.1) is 43.8 Å². The summed E-state index contributed by atoms with van der Waals surface area (Å²) < 4.78 is 68.2. The zero-order chi connectivity index (χ0) is 45.8. The number of nitrogens with zero attached hydrogens (tertiary/aromatic N) is 4. The summed E-state index contributed by atoms with van der Waals surface area (Å²) in [6.45, 7) is 13.9. The SMILES string of the molecule is C.CC1(C)[C@H]2CC[C@]1(C)c1c2c(=O)n(-c2ccc(F)cc2F)n1Cc1ccc(CO)cc1.COC(=O)c1ccc(Cn2c3c(c(=O)n2-c2ccc(F)cc2F)[C@@H]2CC[C@@]3(C)C2(C)C)cc1. The van der Waals surface area contributed by atoms with Crippen molar-refractivity contribution in [2.75, 3.05) is 7.11 Å². The van der Waals surface area contributed by atoms with E-state index in [9.17, 15) is 37.1 Å². The second kappa shape index (κ2) is 15.9. The number of esters is 1. The Bertz CT molecular complexity index is 2980. The summed E-state index contributed by atoms with van der Waals surface area (Å²) in [6.07, 6.45) is 3.76. The van der Waals surface area contributed by atoms with Crippen molar-refractivity contribution in [3.63, 3.8) is 0 Å². The number of aliphatic hydroxyl groups excluding tert-OH is 1. The summed E-state index contributed by atoms with van der Waals surface area (Å²) in [6, 6.07) is 21.1. The van der Waals surface area contributed by atoms with Crippen LogP contribution in [0.5, 0.6) is 0 Å². The standard InChI is InChI=1S/C26H26F2N2O3.C25H26F2N2O2.CH4/c1-25(2)18-11-12-26(25,3)22-21(18)23(31)30(20-10-9-17(27)13-19(20)28)29(22)14-15-5-7-16(8-6-15)24(32)33-4;1-24(2)18-10-11-25(24,3)22-21(18)23(31)29(20-9-8-17(26)12-19(20)27)28(22)13-15-4-6-16(14-30)7-5-15;/h5-10,13,18H,11-12,14H2,1-4H3;4-9,12,18,30H,10-11,13-14H2,1-3H3;1H4/t18-,26+;18-,25+;/m00./s1. The van der Waals surface area contributed by atoms with Gasteiger partial charge in [-0.25, -0.2) is 31.7 Å². The van der Waals surface area contributed by atoms with Crippen LogP contribution in [0.25, 0.3) is 11.4 Å². The molecule has 10 rings (SSSR count). The van der Waals surface area contributed by atoms with Gasteiger partial charge < -0.3 is 9.84 Å². The van der Waals surface area contributed by atoms with Crippen LogP contribution in [0, 0.1) is 34.1 Å². The number of hydrogen-bond acceptors (Lipinski definition) is 5. The van der Waals surface area contributed by atoms with Crippen LogP contribution >= 0.6 is 0 Å². The molecule has 0 radical (unpaired) electrons. The fourth-order valence-corrected chi connectivity index (χ4v) is 11.8. The van der Waals surface area contributed by atoms with E-state index in [-0.39, 0.29) is 70.0 Å². The van der Waals surface area contributed by atoms with E-state index >= 15 is 0 Å². The molecule has 0 amide bonds. The predicted octanol–water partition coefficient (Wildman–Crippen LogP) is 10.2. The minimum atomic E-state index is -0.785. The van der Waals surface area contributed by atoms with Crippen molar-refractivity contribution < 1.29 is 32.2 Å². The van der Waals surface area contributed by atoms with Crippen LogP contribution < -0.4 is 11.1 Å². The van der Waals surface area contributed by atoms with Gasteiger partial charge in [0.2, 0.25) is 0 Å². The number of benzene rings is 4. The van der Waals surface area contributed by atoms with E-state index in [2.05, 4.69) is 41.5 Å². The molecule has 342 valence electrons. The summed E-state index contributed by atoms with van der Waals surface area (Å²) in [4.78, 5) is 39.2. The van der Waals surface area contributed by atoms with Gasteiger partial charge in [0.25, 0.3) is 11.1 Å². The number of hydrogen-bond donors (Lipinski definition) is 1. The lowest BCUT2D eigenvalue weighted by atomic mass is 9.70. The van der Waals surface area contributed by atoms with Crippen LogP contribution in [0.3, 0.4) is 0 Å². The normalized spacial score (nSPS) is 22.5. The third kappa shape index (κ3) is 6.61. The van der Waals surface area contributed by atoms with E-state index in [4.69, 9.17) is 4.74 Å². The van der Waals surface area contributed by atoms with Crippen molar-refractivity contribution in [2.45, 2.75) is 117 Å². The molecule has 0 unspecified atom stereocenters. The minimum absolute atomic E-state index is 0. The Morgan fingerprint density at radius 1 is 0.631 bits per heavy atom. The van der Waals surface area contributed by atoms with Gasteiger partial charge in [0.1, 0.15) is 23.0 Å². The van der Waals surface area contributed by atoms with E-state index in [0.717, 1.165) is 77.0 Å². The second-order valence-electron chi connectivity index (χ2n) is 19.5. The molecule has 2 aromatic heterocycles. The van der Waals surface area contributed by atoms with Gasteiger partial charge in [-0.05, 0) is 101 Å². The molecule has 13 heteroatoms. The Morgan fingerprint density at radius 2 is 1.02 bits per heavy atom. The molecule has 9 nitrogen and oxygen atoms in total. The first kappa shape index (κ1) is 45.6.